The molecule has 3 aromatic rings. The maximum atomic E-state index is 13.2. The molecule has 0 saturated heterocycles. The molecule has 0 aliphatic carbocycles. The molecular formula is C24H24ClFN2O4S. The average Bonchev–Trinajstić information content (AvgIpc) is 2.81. The number of carbonyl (C=O) groups is 1. The van der Waals surface area contributed by atoms with Crippen molar-refractivity contribution in [2.24, 2.45) is 0 Å². The van der Waals surface area contributed by atoms with Crippen LogP contribution < -0.4 is 9.62 Å². The van der Waals surface area contributed by atoms with Gasteiger partial charge in [0.15, 0.2) is 0 Å². The van der Waals surface area contributed by atoms with E-state index in [9.17, 15) is 17.6 Å². The van der Waals surface area contributed by atoms with Crippen molar-refractivity contribution in [3.05, 3.63) is 94.3 Å². The molecule has 9 heteroatoms. The van der Waals surface area contributed by atoms with Crippen molar-refractivity contribution in [1.29, 1.82) is 0 Å². The summed E-state index contributed by atoms with van der Waals surface area (Å²) in [6, 6.07) is 16.5. The highest BCUT2D eigenvalue weighted by molar-refractivity contribution is 7.92. The zero-order valence-electron chi connectivity index (χ0n) is 18.2. The van der Waals surface area contributed by atoms with Crippen LogP contribution in [0.4, 0.5) is 10.1 Å². The van der Waals surface area contributed by atoms with E-state index in [2.05, 4.69) is 5.32 Å². The molecule has 0 bridgehead atoms. The summed E-state index contributed by atoms with van der Waals surface area (Å²) in [5.74, 6) is -0.981. The Kier molecular flexibility index (Phi) is 8.07. The number of anilines is 1. The summed E-state index contributed by atoms with van der Waals surface area (Å²) < 4.78 is 45.8. The smallest absolute Gasteiger partial charge is 0.264 e. The number of amides is 1. The van der Waals surface area contributed by atoms with Gasteiger partial charge in [0.05, 0.1) is 27.8 Å². The fraction of sp³-hybridized carbons (Fsp3) is 0.208. The largest absolute Gasteiger partial charge is 0.377 e. The predicted octanol–water partition coefficient (Wildman–Crippen LogP) is 4.77. The quantitative estimate of drug-likeness (QED) is 0.468. The SMILES string of the molecule is CCOCc1ccccc1CNC(=O)c1cc(S(=O)(=O)N(C)c2ccc(F)cc2)ccc1Cl. The van der Waals surface area contributed by atoms with Crippen LogP contribution in [0.25, 0.3) is 0 Å². The van der Waals surface area contributed by atoms with E-state index < -0.39 is 21.7 Å². The average molecular weight is 491 g/mol. The van der Waals surface area contributed by atoms with Crippen LogP contribution in [0.5, 0.6) is 0 Å². The Hall–Kier alpha value is -2.94. The molecule has 0 aromatic heterocycles. The van der Waals surface area contributed by atoms with Crippen LogP contribution in [0.2, 0.25) is 5.02 Å². The van der Waals surface area contributed by atoms with Gasteiger partial charge in [-0.1, -0.05) is 35.9 Å². The molecule has 0 saturated carbocycles. The molecule has 174 valence electrons. The van der Waals surface area contributed by atoms with Crippen molar-refractivity contribution >= 4 is 33.2 Å². The van der Waals surface area contributed by atoms with Gasteiger partial charge in [0.1, 0.15) is 5.82 Å². The third-order valence-electron chi connectivity index (χ3n) is 5.05. The molecule has 6 nitrogen and oxygen atoms in total. The molecule has 33 heavy (non-hydrogen) atoms. The number of rotatable bonds is 9. The molecule has 0 unspecified atom stereocenters. The van der Waals surface area contributed by atoms with Gasteiger partial charge in [-0.05, 0) is 60.5 Å². The highest BCUT2D eigenvalue weighted by Gasteiger charge is 2.24. The van der Waals surface area contributed by atoms with E-state index >= 15 is 0 Å². The maximum absolute atomic E-state index is 13.2. The lowest BCUT2D eigenvalue weighted by Crippen LogP contribution is -2.28. The summed E-state index contributed by atoms with van der Waals surface area (Å²) in [6.45, 7) is 3.13. The Bertz CT molecular complexity index is 1230. The van der Waals surface area contributed by atoms with E-state index in [1.165, 1.54) is 49.5 Å². The van der Waals surface area contributed by atoms with Crippen LogP contribution in [0.15, 0.2) is 71.6 Å². The number of nitrogens with one attached hydrogen (secondary N) is 1. The fourth-order valence-corrected chi connectivity index (χ4v) is 4.57. The first-order valence-electron chi connectivity index (χ1n) is 10.2. The Morgan fingerprint density at radius 2 is 1.73 bits per heavy atom. The van der Waals surface area contributed by atoms with Gasteiger partial charge in [-0.15, -0.1) is 0 Å². The maximum Gasteiger partial charge on any atom is 0.264 e. The summed E-state index contributed by atoms with van der Waals surface area (Å²) >= 11 is 6.21. The third-order valence-corrected chi connectivity index (χ3v) is 7.16. The number of carbonyl (C=O) groups excluding carboxylic acids is 1. The van der Waals surface area contributed by atoms with E-state index in [4.69, 9.17) is 16.3 Å². The number of ether oxygens (including phenoxy) is 1. The first kappa shape index (κ1) is 24.7. The Balaban J connectivity index is 1.81. The van der Waals surface area contributed by atoms with Gasteiger partial charge < -0.3 is 10.1 Å². The lowest BCUT2D eigenvalue weighted by atomic mass is 10.1. The summed E-state index contributed by atoms with van der Waals surface area (Å²) in [6.07, 6.45) is 0. The van der Waals surface area contributed by atoms with Gasteiger partial charge in [-0.2, -0.15) is 0 Å². The molecule has 0 spiro atoms. The van der Waals surface area contributed by atoms with E-state index in [-0.39, 0.29) is 27.7 Å². The summed E-state index contributed by atoms with van der Waals surface area (Å²) in [4.78, 5) is 12.7. The lowest BCUT2D eigenvalue weighted by Gasteiger charge is -2.20. The Morgan fingerprint density at radius 1 is 1.06 bits per heavy atom. The predicted molar refractivity (Wildman–Crippen MR) is 126 cm³/mol. The highest BCUT2D eigenvalue weighted by atomic mass is 35.5. The van der Waals surface area contributed by atoms with Crippen LogP contribution in [-0.2, 0) is 27.9 Å². The topological polar surface area (TPSA) is 75.7 Å². The second-order valence-corrected chi connectivity index (χ2v) is 9.56. The van der Waals surface area contributed by atoms with Crippen molar-refractivity contribution in [3.8, 4) is 0 Å². The van der Waals surface area contributed by atoms with Crippen LogP contribution in [0, 0.1) is 5.82 Å². The molecule has 0 heterocycles. The number of hydrogen-bond acceptors (Lipinski definition) is 4. The third kappa shape index (κ3) is 5.90. The zero-order valence-corrected chi connectivity index (χ0v) is 19.8. The molecule has 1 N–H and O–H groups in total. The van der Waals surface area contributed by atoms with Crippen molar-refractivity contribution in [3.63, 3.8) is 0 Å². The molecule has 0 radical (unpaired) electrons. The van der Waals surface area contributed by atoms with Crippen LogP contribution in [0.1, 0.15) is 28.4 Å². The van der Waals surface area contributed by atoms with Gasteiger partial charge in [-0.3, -0.25) is 9.10 Å². The van der Waals surface area contributed by atoms with Crippen LogP contribution in [-0.4, -0.2) is 28.0 Å². The molecule has 0 atom stereocenters. The summed E-state index contributed by atoms with van der Waals surface area (Å²) in [5, 5.41) is 2.91. The minimum Gasteiger partial charge on any atom is -0.377 e. The standard InChI is InChI=1S/C24H24ClFN2O4S/c1-3-32-16-18-7-5-4-6-17(18)15-27-24(29)22-14-21(12-13-23(22)25)33(30,31)28(2)20-10-8-19(26)9-11-20/h4-14H,3,15-16H2,1-2H3,(H,27,29). The van der Waals surface area contributed by atoms with Gasteiger partial charge in [0, 0.05) is 20.2 Å². The van der Waals surface area contributed by atoms with Crippen molar-refractivity contribution in [2.75, 3.05) is 18.0 Å². The number of benzene rings is 3. The number of nitrogens with zero attached hydrogens (tertiary/aromatic N) is 1. The van der Waals surface area contributed by atoms with Crippen molar-refractivity contribution in [2.45, 2.75) is 25.0 Å². The molecule has 0 aliphatic rings. The fourth-order valence-electron chi connectivity index (χ4n) is 3.14. The van der Waals surface area contributed by atoms with Gasteiger partial charge >= 0.3 is 0 Å². The molecular weight excluding hydrogens is 467 g/mol. The second-order valence-electron chi connectivity index (χ2n) is 7.18. The lowest BCUT2D eigenvalue weighted by molar-refractivity contribution is 0.0949. The summed E-state index contributed by atoms with van der Waals surface area (Å²) in [7, 11) is -2.65. The highest BCUT2D eigenvalue weighted by Crippen LogP contribution is 2.26. The van der Waals surface area contributed by atoms with E-state index in [0.29, 0.717) is 13.2 Å². The monoisotopic (exact) mass is 490 g/mol. The van der Waals surface area contributed by atoms with Gasteiger partial charge in [-0.25, -0.2) is 12.8 Å². The molecule has 3 aromatic carbocycles. The first-order chi connectivity index (χ1) is 15.7. The van der Waals surface area contributed by atoms with E-state index in [1.54, 1.807) is 0 Å². The minimum absolute atomic E-state index is 0.0348. The normalized spacial score (nSPS) is 11.3. The van der Waals surface area contributed by atoms with Crippen molar-refractivity contribution in [1.82, 2.24) is 5.32 Å². The molecule has 1 amide bonds. The molecule has 0 aliphatic heterocycles. The van der Waals surface area contributed by atoms with Gasteiger partial charge in [0.25, 0.3) is 15.9 Å². The molecule has 0 fully saturated rings. The Labute approximate surface area is 198 Å². The Morgan fingerprint density at radius 3 is 2.39 bits per heavy atom. The van der Waals surface area contributed by atoms with E-state index in [1.807, 2.05) is 31.2 Å². The number of halogens is 2. The van der Waals surface area contributed by atoms with Crippen LogP contribution in [0.3, 0.4) is 0 Å². The number of sulfonamides is 1. The van der Waals surface area contributed by atoms with Gasteiger partial charge in [0.2, 0.25) is 0 Å². The van der Waals surface area contributed by atoms with Crippen LogP contribution >= 0.6 is 11.6 Å². The summed E-state index contributed by atoms with van der Waals surface area (Å²) in [5.41, 5.74) is 2.15. The van der Waals surface area contributed by atoms with E-state index in [0.717, 1.165) is 15.4 Å². The second kappa shape index (κ2) is 10.8. The zero-order chi connectivity index (χ0) is 24.0. The molecule has 3 rings (SSSR count). The minimum atomic E-state index is -4.01. The first-order valence-corrected chi connectivity index (χ1v) is 12.0. The van der Waals surface area contributed by atoms with Crippen molar-refractivity contribution < 1.29 is 22.3 Å². The number of hydrogen-bond donors (Lipinski definition) is 1.